The molecule has 1 aromatic heterocycles. The highest BCUT2D eigenvalue weighted by Gasteiger charge is 2.09. The van der Waals surface area contributed by atoms with Crippen molar-refractivity contribution in [2.75, 3.05) is 5.73 Å². The molecule has 0 radical (unpaired) electrons. The summed E-state index contributed by atoms with van der Waals surface area (Å²) in [4.78, 5) is 26.2. The van der Waals surface area contributed by atoms with Gasteiger partial charge in [0.05, 0.1) is 4.92 Å². The number of hydrogen-bond donors (Lipinski definition) is 2. The molecule has 7 heteroatoms. The number of aryl methyl sites for hydroxylation is 1. The number of pyridine rings is 1. The number of benzene rings is 1. The second-order valence-electron chi connectivity index (χ2n) is 4.53. The standard InChI is InChI=1S/C14H14N4O3/c1-9-5-11(7-13(15)17-9)14(19)16-8-10-3-2-4-12(6-10)18(20)21/h2-7H,8H2,1H3,(H2,15,17)(H,16,19). The van der Waals surface area contributed by atoms with Gasteiger partial charge in [0.25, 0.3) is 11.6 Å². The molecule has 2 aromatic rings. The predicted octanol–water partition coefficient (Wildman–Crippen LogP) is 1.81. The minimum absolute atomic E-state index is 0.00857. The highest BCUT2D eigenvalue weighted by Crippen LogP contribution is 2.13. The molecular weight excluding hydrogens is 272 g/mol. The number of nitro groups is 1. The van der Waals surface area contributed by atoms with E-state index in [0.717, 1.165) is 0 Å². The summed E-state index contributed by atoms with van der Waals surface area (Å²) in [5.41, 5.74) is 7.29. The van der Waals surface area contributed by atoms with Crippen LogP contribution < -0.4 is 11.1 Å². The van der Waals surface area contributed by atoms with E-state index in [1.54, 1.807) is 25.1 Å². The lowest BCUT2D eigenvalue weighted by atomic mass is 10.2. The molecule has 0 bridgehead atoms. The number of nitrogen functional groups attached to an aromatic ring is 1. The monoisotopic (exact) mass is 286 g/mol. The topological polar surface area (TPSA) is 111 Å². The van der Waals surface area contributed by atoms with E-state index < -0.39 is 4.92 Å². The molecule has 108 valence electrons. The molecule has 0 aliphatic rings. The van der Waals surface area contributed by atoms with Gasteiger partial charge in [-0.3, -0.25) is 14.9 Å². The van der Waals surface area contributed by atoms with E-state index in [4.69, 9.17) is 5.73 Å². The molecule has 1 amide bonds. The van der Waals surface area contributed by atoms with Crippen LogP contribution in [0.4, 0.5) is 11.5 Å². The van der Waals surface area contributed by atoms with Crippen molar-refractivity contribution in [1.82, 2.24) is 10.3 Å². The minimum atomic E-state index is -0.474. The number of aromatic nitrogens is 1. The number of rotatable bonds is 4. The number of nitrogens with zero attached hydrogens (tertiary/aromatic N) is 2. The quantitative estimate of drug-likeness (QED) is 0.657. The van der Waals surface area contributed by atoms with Crippen LogP contribution in [0.5, 0.6) is 0 Å². The van der Waals surface area contributed by atoms with Crippen LogP contribution in [0.1, 0.15) is 21.6 Å². The fourth-order valence-electron chi connectivity index (χ4n) is 1.89. The molecule has 2 rings (SSSR count). The summed E-state index contributed by atoms with van der Waals surface area (Å²) in [5, 5.41) is 13.4. The van der Waals surface area contributed by atoms with Crippen LogP contribution >= 0.6 is 0 Å². The molecule has 1 heterocycles. The number of carbonyl (C=O) groups is 1. The highest BCUT2D eigenvalue weighted by molar-refractivity contribution is 5.94. The SMILES string of the molecule is Cc1cc(C(=O)NCc2cccc([N+](=O)[O-])c2)cc(N)n1. The second-order valence-corrected chi connectivity index (χ2v) is 4.53. The maximum Gasteiger partial charge on any atom is 0.269 e. The van der Waals surface area contributed by atoms with E-state index in [-0.39, 0.29) is 24.0 Å². The Morgan fingerprint density at radius 1 is 1.38 bits per heavy atom. The Kier molecular flexibility index (Phi) is 4.13. The number of anilines is 1. The van der Waals surface area contributed by atoms with Gasteiger partial charge in [-0.2, -0.15) is 0 Å². The molecule has 0 unspecified atom stereocenters. The molecule has 0 saturated heterocycles. The third-order valence-electron chi connectivity index (χ3n) is 2.81. The fraction of sp³-hybridized carbons (Fsp3) is 0.143. The molecule has 21 heavy (non-hydrogen) atoms. The Labute approximate surface area is 121 Å². The second kappa shape index (κ2) is 6.00. The number of nitrogens with two attached hydrogens (primary N) is 1. The van der Waals surface area contributed by atoms with Gasteiger partial charge in [0.1, 0.15) is 5.82 Å². The molecule has 0 atom stereocenters. The number of nitro benzene ring substituents is 1. The number of carbonyl (C=O) groups excluding carboxylic acids is 1. The normalized spacial score (nSPS) is 10.1. The van der Waals surface area contributed by atoms with Gasteiger partial charge >= 0.3 is 0 Å². The average molecular weight is 286 g/mol. The van der Waals surface area contributed by atoms with Gasteiger partial charge in [-0.25, -0.2) is 4.98 Å². The first-order valence-electron chi connectivity index (χ1n) is 6.21. The van der Waals surface area contributed by atoms with Gasteiger partial charge in [0, 0.05) is 29.9 Å². The first kappa shape index (κ1) is 14.4. The van der Waals surface area contributed by atoms with Crippen LogP contribution in [-0.4, -0.2) is 15.8 Å². The van der Waals surface area contributed by atoms with Crippen molar-refractivity contribution in [3.63, 3.8) is 0 Å². The van der Waals surface area contributed by atoms with Crippen molar-refractivity contribution in [2.24, 2.45) is 0 Å². The third kappa shape index (κ3) is 3.75. The molecule has 0 spiro atoms. The third-order valence-corrected chi connectivity index (χ3v) is 2.81. The lowest BCUT2D eigenvalue weighted by Gasteiger charge is -2.07. The van der Waals surface area contributed by atoms with Crippen molar-refractivity contribution in [3.05, 3.63) is 63.3 Å². The number of amides is 1. The van der Waals surface area contributed by atoms with Gasteiger partial charge < -0.3 is 11.1 Å². The van der Waals surface area contributed by atoms with Crippen LogP contribution in [0.3, 0.4) is 0 Å². The van der Waals surface area contributed by atoms with E-state index in [0.29, 0.717) is 16.8 Å². The number of hydrogen-bond acceptors (Lipinski definition) is 5. The lowest BCUT2D eigenvalue weighted by Crippen LogP contribution is -2.23. The Hall–Kier alpha value is -2.96. The lowest BCUT2D eigenvalue weighted by molar-refractivity contribution is -0.384. The molecule has 0 fully saturated rings. The first-order valence-corrected chi connectivity index (χ1v) is 6.21. The van der Waals surface area contributed by atoms with Crippen molar-refractivity contribution in [1.29, 1.82) is 0 Å². The van der Waals surface area contributed by atoms with Crippen molar-refractivity contribution in [3.8, 4) is 0 Å². The summed E-state index contributed by atoms with van der Waals surface area (Å²) in [7, 11) is 0. The van der Waals surface area contributed by atoms with E-state index in [9.17, 15) is 14.9 Å². The van der Waals surface area contributed by atoms with Crippen LogP contribution in [0.25, 0.3) is 0 Å². The van der Waals surface area contributed by atoms with E-state index >= 15 is 0 Å². The zero-order chi connectivity index (χ0) is 15.4. The van der Waals surface area contributed by atoms with Gasteiger partial charge in [-0.15, -0.1) is 0 Å². The summed E-state index contributed by atoms with van der Waals surface area (Å²) >= 11 is 0. The molecule has 0 aliphatic heterocycles. The van der Waals surface area contributed by atoms with E-state index in [1.807, 2.05) is 0 Å². The Balaban J connectivity index is 2.07. The zero-order valence-electron chi connectivity index (χ0n) is 11.4. The number of non-ortho nitro benzene ring substituents is 1. The fourth-order valence-corrected chi connectivity index (χ4v) is 1.89. The maximum absolute atomic E-state index is 12.0. The Bertz CT molecular complexity index is 680. The molecule has 1 aromatic carbocycles. The van der Waals surface area contributed by atoms with Gasteiger partial charge in [-0.1, -0.05) is 12.1 Å². The summed E-state index contributed by atoms with van der Waals surface area (Å²) < 4.78 is 0. The van der Waals surface area contributed by atoms with Crippen molar-refractivity contribution in [2.45, 2.75) is 13.5 Å². The largest absolute Gasteiger partial charge is 0.384 e. The van der Waals surface area contributed by atoms with Gasteiger partial charge in [0.2, 0.25) is 0 Å². The molecule has 0 saturated carbocycles. The van der Waals surface area contributed by atoms with E-state index in [2.05, 4.69) is 10.3 Å². The maximum atomic E-state index is 12.0. The van der Waals surface area contributed by atoms with Crippen molar-refractivity contribution < 1.29 is 9.72 Å². The summed E-state index contributed by atoms with van der Waals surface area (Å²) in [6.07, 6.45) is 0. The molecule has 3 N–H and O–H groups in total. The molecular formula is C14H14N4O3. The van der Waals surface area contributed by atoms with Gasteiger partial charge in [0.15, 0.2) is 0 Å². The average Bonchev–Trinajstić information content (AvgIpc) is 2.44. The van der Waals surface area contributed by atoms with Crippen LogP contribution in [0.15, 0.2) is 36.4 Å². The van der Waals surface area contributed by atoms with Gasteiger partial charge in [-0.05, 0) is 24.6 Å². The predicted molar refractivity (Wildman–Crippen MR) is 77.7 cm³/mol. The van der Waals surface area contributed by atoms with E-state index in [1.165, 1.54) is 18.2 Å². The van der Waals surface area contributed by atoms with Crippen LogP contribution in [0, 0.1) is 17.0 Å². The summed E-state index contributed by atoms with van der Waals surface area (Å²) in [5.74, 6) is -0.0331. The Morgan fingerprint density at radius 3 is 2.81 bits per heavy atom. The minimum Gasteiger partial charge on any atom is -0.384 e. The number of nitrogens with one attached hydrogen (secondary N) is 1. The van der Waals surface area contributed by atoms with Crippen LogP contribution in [0.2, 0.25) is 0 Å². The zero-order valence-corrected chi connectivity index (χ0v) is 11.4. The smallest absolute Gasteiger partial charge is 0.269 e. The summed E-state index contributed by atoms with van der Waals surface area (Å²) in [6, 6.07) is 9.22. The molecule has 7 nitrogen and oxygen atoms in total. The summed E-state index contributed by atoms with van der Waals surface area (Å²) in [6.45, 7) is 1.94. The highest BCUT2D eigenvalue weighted by atomic mass is 16.6. The van der Waals surface area contributed by atoms with Crippen molar-refractivity contribution >= 4 is 17.4 Å². The van der Waals surface area contributed by atoms with Crippen LogP contribution in [-0.2, 0) is 6.54 Å². The first-order chi connectivity index (χ1) is 9.95. The Morgan fingerprint density at radius 2 is 2.14 bits per heavy atom. The molecule has 0 aliphatic carbocycles.